The lowest BCUT2D eigenvalue weighted by atomic mass is 9.99. The van der Waals surface area contributed by atoms with Crippen LogP contribution in [0.1, 0.15) is 19.8 Å². The topological polar surface area (TPSA) is 67.6 Å². The first-order valence-electron chi connectivity index (χ1n) is 7.04. The first-order valence-corrected chi connectivity index (χ1v) is 7.04. The number of rotatable bonds is 4. The van der Waals surface area contributed by atoms with E-state index in [1.54, 1.807) is 25.3 Å². The molecule has 0 unspecified atom stereocenters. The van der Waals surface area contributed by atoms with Crippen LogP contribution in [0.4, 0.5) is 11.4 Å². The zero-order valence-corrected chi connectivity index (χ0v) is 12.2. The minimum absolute atomic E-state index is 0.0246. The Balaban J connectivity index is 1.92. The van der Waals surface area contributed by atoms with Crippen LogP contribution in [-0.2, 0) is 4.79 Å². The van der Waals surface area contributed by atoms with Crippen LogP contribution in [0.15, 0.2) is 18.2 Å². The first-order chi connectivity index (χ1) is 9.58. The summed E-state index contributed by atoms with van der Waals surface area (Å²) in [6.45, 7) is 4.66. The number of anilines is 2. The number of methoxy groups -OCH3 is 1. The number of likely N-dealkylation sites (tertiary alicyclic amines) is 1. The highest BCUT2D eigenvalue weighted by molar-refractivity contribution is 5.94. The molecule has 5 nitrogen and oxygen atoms in total. The number of hydrogen-bond donors (Lipinski definition) is 2. The third kappa shape index (κ3) is 3.87. The number of nitrogen functional groups attached to an aromatic ring is 1. The highest BCUT2D eigenvalue weighted by atomic mass is 16.5. The molecule has 1 saturated heterocycles. The van der Waals surface area contributed by atoms with Gasteiger partial charge in [0.25, 0.3) is 0 Å². The Labute approximate surface area is 120 Å². The molecule has 0 spiro atoms. The molecule has 3 N–H and O–H groups in total. The van der Waals surface area contributed by atoms with Gasteiger partial charge in [0, 0.05) is 5.69 Å². The van der Waals surface area contributed by atoms with Gasteiger partial charge in [-0.25, -0.2) is 0 Å². The Morgan fingerprint density at radius 1 is 1.45 bits per heavy atom. The van der Waals surface area contributed by atoms with E-state index in [-0.39, 0.29) is 5.91 Å². The molecule has 5 heteroatoms. The van der Waals surface area contributed by atoms with Crippen molar-refractivity contribution in [1.29, 1.82) is 0 Å². The minimum Gasteiger partial charge on any atom is -0.495 e. The number of nitrogens with one attached hydrogen (secondary N) is 1. The Bertz CT molecular complexity index is 468. The predicted octanol–water partition coefficient (Wildman–Crippen LogP) is 1.95. The summed E-state index contributed by atoms with van der Waals surface area (Å²) in [5, 5.41) is 2.88. The van der Waals surface area contributed by atoms with Gasteiger partial charge < -0.3 is 15.8 Å². The molecule has 1 aromatic carbocycles. The molecule has 0 atom stereocenters. The van der Waals surface area contributed by atoms with Crippen molar-refractivity contribution in [1.82, 2.24) is 4.90 Å². The summed E-state index contributed by atoms with van der Waals surface area (Å²) >= 11 is 0. The molecular weight excluding hydrogens is 254 g/mol. The molecule has 1 amide bonds. The van der Waals surface area contributed by atoms with Gasteiger partial charge in [0.05, 0.1) is 19.3 Å². The van der Waals surface area contributed by atoms with E-state index in [0.29, 0.717) is 23.7 Å². The molecule has 1 heterocycles. The highest BCUT2D eigenvalue weighted by Crippen LogP contribution is 2.26. The number of nitrogens with zero attached hydrogens (tertiary/aromatic N) is 1. The van der Waals surface area contributed by atoms with Gasteiger partial charge in [-0.3, -0.25) is 9.69 Å². The van der Waals surface area contributed by atoms with Crippen LogP contribution in [0, 0.1) is 5.92 Å². The zero-order chi connectivity index (χ0) is 14.5. The van der Waals surface area contributed by atoms with E-state index in [9.17, 15) is 4.79 Å². The Hall–Kier alpha value is -1.75. The number of carbonyl (C=O) groups is 1. The van der Waals surface area contributed by atoms with Crippen molar-refractivity contribution in [3.05, 3.63) is 18.2 Å². The standard InChI is InChI=1S/C15H23N3O2/c1-11-5-7-18(8-6-11)10-15(19)17-13-9-12(16)3-4-14(13)20-2/h3-4,9,11H,5-8,10,16H2,1-2H3,(H,17,19). The fraction of sp³-hybridized carbons (Fsp3) is 0.533. The monoisotopic (exact) mass is 277 g/mol. The molecule has 110 valence electrons. The molecule has 1 aliphatic heterocycles. The van der Waals surface area contributed by atoms with Crippen LogP contribution in [-0.4, -0.2) is 37.6 Å². The van der Waals surface area contributed by atoms with E-state index in [4.69, 9.17) is 10.5 Å². The quantitative estimate of drug-likeness (QED) is 0.825. The van der Waals surface area contributed by atoms with Crippen LogP contribution in [0.5, 0.6) is 5.75 Å². The van der Waals surface area contributed by atoms with Crippen LogP contribution in [0.2, 0.25) is 0 Å². The molecule has 1 aliphatic rings. The second-order valence-corrected chi connectivity index (χ2v) is 5.47. The smallest absolute Gasteiger partial charge is 0.238 e. The summed E-state index contributed by atoms with van der Waals surface area (Å²) < 4.78 is 5.22. The maximum Gasteiger partial charge on any atom is 0.238 e. The molecule has 0 aliphatic carbocycles. The van der Waals surface area contributed by atoms with Gasteiger partial charge in [-0.2, -0.15) is 0 Å². The number of ether oxygens (including phenoxy) is 1. The number of nitrogens with two attached hydrogens (primary N) is 1. The average Bonchev–Trinajstić information content (AvgIpc) is 2.41. The SMILES string of the molecule is COc1ccc(N)cc1NC(=O)CN1CCC(C)CC1. The Morgan fingerprint density at radius 3 is 2.80 bits per heavy atom. The summed E-state index contributed by atoms with van der Waals surface area (Å²) in [5.41, 5.74) is 6.97. The summed E-state index contributed by atoms with van der Waals surface area (Å²) in [4.78, 5) is 14.3. The molecule has 1 aromatic rings. The number of benzene rings is 1. The van der Waals surface area contributed by atoms with Crippen LogP contribution >= 0.6 is 0 Å². The average molecular weight is 277 g/mol. The second-order valence-electron chi connectivity index (χ2n) is 5.47. The molecule has 0 aromatic heterocycles. The maximum absolute atomic E-state index is 12.1. The maximum atomic E-state index is 12.1. The molecule has 0 radical (unpaired) electrons. The van der Waals surface area contributed by atoms with Crippen molar-refractivity contribution in [3.8, 4) is 5.75 Å². The van der Waals surface area contributed by atoms with E-state index in [2.05, 4.69) is 17.1 Å². The Kier molecular flexibility index (Phi) is 4.84. The second kappa shape index (κ2) is 6.61. The summed E-state index contributed by atoms with van der Waals surface area (Å²) in [7, 11) is 1.58. The number of piperidine rings is 1. The van der Waals surface area contributed by atoms with Crippen molar-refractivity contribution >= 4 is 17.3 Å². The van der Waals surface area contributed by atoms with Crippen molar-refractivity contribution in [2.45, 2.75) is 19.8 Å². The molecule has 0 bridgehead atoms. The summed E-state index contributed by atoms with van der Waals surface area (Å²) in [5.74, 6) is 1.37. The first kappa shape index (κ1) is 14.7. The summed E-state index contributed by atoms with van der Waals surface area (Å²) in [6.07, 6.45) is 2.32. The van der Waals surface area contributed by atoms with Gasteiger partial charge in [0.15, 0.2) is 0 Å². The van der Waals surface area contributed by atoms with Gasteiger partial charge in [-0.1, -0.05) is 6.92 Å². The van der Waals surface area contributed by atoms with E-state index >= 15 is 0 Å². The zero-order valence-electron chi connectivity index (χ0n) is 12.2. The lowest BCUT2D eigenvalue weighted by molar-refractivity contribution is -0.117. The van der Waals surface area contributed by atoms with Gasteiger partial charge >= 0.3 is 0 Å². The van der Waals surface area contributed by atoms with E-state index in [1.807, 2.05) is 0 Å². The molecule has 2 rings (SSSR count). The largest absolute Gasteiger partial charge is 0.495 e. The fourth-order valence-corrected chi connectivity index (χ4v) is 2.44. The third-order valence-corrected chi connectivity index (χ3v) is 3.74. The highest BCUT2D eigenvalue weighted by Gasteiger charge is 2.18. The number of amides is 1. The van der Waals surface area contributed by atoms with Crippen molar-refractivity contribution < 1.29 is 9.53 Å². The minimum atomic E-state index is -0.0246. The molecular formula is C15H23N3O2. The fourth-order valence-electron chi connectivity index (χ4n) is 2.44. The van der Waals surface area contributed by atoms with E-state index < -0.39 is 0 Å². The molecule has 0 saturated carbocycles. The summed E-state index contributed by atoms with van der Waals surface area (Å²) in [6, 6.07) is 5.23. The van der Waals surface area contributed by atoms with Gasteiger partial charge in [0.2, 0.25) is 5.91 Å². The Morgan fingerprint density at radius 2 is 2.15 bits per heavy atom. The lowest BCUT2D eigenvalue weighted by Crippen LogP contribution is -2.38. The number of carbonyl (C=O) groups excluding carboxylic acids is 1. The lowest BCUT2D eigenvalue weighted by Gasteiger charge is -2.29. The van der Waals surface area contributed by atoms with Crippen LogP contribution in [0.3, 0.4) is 0 Å². The van der Waals surface area contributed by atoms with Crippen molar-refractivity contribution in [2.24, 2.45) is 5.92 Å². The van der Waals surface area contributed by atoms with Crippen LogP contribution in [0.25, 0.3) is 0 Å². The van der Waals surface area contributed by atoms with Gasteiger partial charge in [-0.15, -0.1) is 0 Å². The molecule has 20 heavy (non-hydrogen) atoms. The molecule has 1 fully saturated rings. The van der Waals surface area contributed by atoms with Crippen molar-refractivity contribution in [3.63, 3.8) is 0 Å². The van der Waals surface area contributed by atoms with E-state index in [1.165, 1.54) is 0 Å². The van der Waals surface area contributed by atoms with Crippen LogP contribution < -0.4 is 15.8 Å². The normalized spacial score (nSPS) is 16.9. The van der Waals surface area contributed by atoms with Gasteiger partial charge in [-0.05, 0) is 50.0 Å². The third-order valence-electron chi connectivity index (χ3n) is 3.74. The number of hydrogen-bond acceptors (Lipinski definition) is 4. The van der Waals surface area contributed by atoms with Crippen molar-refractivity contribution in [2.75, 3.05) is 37.8 Å². The predicted molar refractivity (Wildman–Crippen MR) is 80.9 cm³/mol. The van der Waals surface area contributed by atoms with Gasteiger partial charge in [0.1, 0.15) is 5.75 Å². The van der Waals surface area contributed by atoms with E-state index in [0.717, 1.165) is 31.8 Å².